The lowest BCUT2D eigenvalue weighted by atomic mass is 9.87. The summed E-state index contributed by atoms with van der Waals surface area (Å²) in [5.41, 5.74) is 0.104. The van der Waals surface area contributed by atoms with Crippen molar-refractivity contribution in [3.8, 4) is 0 Å². The number of nitrogens with one attached hydrogen (secondary N) is 1. The molecule has 0 bridgehead atoms. The van der Waals surface area contributed by atoms with Gasteiger partial charge in [-0.15, -0.1) is 0 Å². The number of aryl methyl sites for hydroxylation is 1. The highest BCUT2D eigenvalue weighted by Gasteiger charge is 2.57. The van der Waals surface area contributed by atoms with E-state index in [1.807, 2.05) is 25.1 Å². The molecular formula is C26H36N3O7P. The quantitative estimate of drug-likeness (QED) is 0.387. The highest BCUT2D eigenvalue weighted by molar-refractivity contribution is 7.45. The Labute approximate surface area is 217 Å². The summed E-state index contributed by atoms with van der Waals surface area (Å²) >= 11 is 0. The fourth-order valence-electron chi connectivity index (χ4n) is 5.59. The minimum atomic E-state index is -1.40. The van der Waals surface area contributed by atoms with Crippen LogP contribution in [-0.4, -0.2) is 65.4 Å². The van der Waals surface area contributed by atoms with Crippen molar-refractivity contribution in [3.63, 3.8) is 0 Å². The molecule has 3 fully saturated rings. The molecule has 0 radical (unpaired) electrons. The van der Waals surface area contributed by atoms with Crippen LogP contribution in [0.15, 0.2) is 46.1 Å². The van der Waals surface area contributed by atoms with Crippen molar-refractivity contribution in [3.05, 3.63) is 68.5 Å². The van der Waals surface area contributed by atoms with E-state index in [1.54, 1.807) is 14.0 Å². The number of aromatic amines is 1. The Morgan fingerprint density at radius 3 is 2.70 bits per heavy atom. The molecule has 1 aromatic carbocycles. The molecule has 0 spiro atoms. The molecule has 3 aliphatic rings. The number of hydrogen-bond donors (Lipinski definition) is 1. The molecule has 2 aromatic rings. The molecule has 3 saturated heterocycles. The highest BCUT2D eigenvalue weighted by Crippen LogP contribution is 2.64. The maximum absolute atomic E-state index is 12.8. The average molecular weight is 534 g/mol. The largest absolute Gasteiger partial charge is 0.382 e. The second-order valence-corrected chi connectivity index (χ2v) is 11.4. The Morgan fingerprint density at radius 1 is 1.19 bits per heavy atom. The molecule has 1 aromatic heterocycles. The molecule has 1 unspecified atom stereocenters. The summed E-state index contributed by atoms with van der Waals surface area (Å²) in [5.74, 6) is 0. The van der Waals surface area contributed by atoms with E-state index >= 15 is 0 Å². The van der Waals surface area contributed by atoms with Gasteiger partial charge in [-0.3, -0.25) is 14.3 Å². The van der Waals surface area contributed by atoms with E-state index in [0.717, 1.165) is 24.9 Å². The number of ether oxygens (including phenoxy) is 3. The summed E-state index contributed by atoms with van der Waals surface area (Å²) in [6.07, 6.45) is 2.14. The number of hydrogen-bond acceptors (Lipinski definition) is 8. The molecular weight excluding hydrogens is 497 g/mol. The zero-order valence-electron chi connectivity index (χ0n) is 21.8. The fraction of sp³-hybridized carbons (Fsp3) is 0.615. The number of fused-ring (bicyclic) bond motifs is 1. The summed E-state index contributed by atoms with van der Waals surface area (Å²) in [4.78, 5) is 27.1. The van der Waals surface area contributed by atoms with Crippen molar-refractivity contribution in [1.82, 2.24) is 14.2 Å². The van der Waals surface area contributed by atoms with E-state index in [1.165, 1.54) is 10.8 Å². The first-order valence-electron chi connectivity index (χ1n) is 12.9. The zero-order valence-corrected chi connectivity index (χ0v) is 22.7. The first-order valence-corrected chi connectivity index (χ1v) is 14.1. The molecule has 0 saturated carbocycles. The van der Waals surface area contributed by atoms with Gasteiger partial charge in [0.05, 0.1) is 25.4 Å². The lowest BCUT2D eigenvalue weighted by molar-refractivity contribution is -0.0784. The third kappa shape index (κ3) is 4.96. The molecule has 202 valence electrons. The van der Waals surface area contributed by atoms with E-state index in [4.69, 9.17) is 23.3 Å². The first-order chi connectivity index (χ1) is 17.9. The van der Waals surface area contributed by atoms with Crippen LogP contribution >= 0.6 is 8.53 Å². The van der Waals surface area contributed by atoms with Crippen molar-refractivity contribution < 1.29 is 23.3 Å². The van der Waals surface area contributed by atoms with E-state index in [0.29, 0.717) is 25.2 Å². The SMILES string of the molecule is CC[C@H]1O[C@@H](n2cc(C)c(=O)[nH]c2=O)[C@@H](OCCOC)C1O[P@@]1O[C@](C)(c2ccccc2)[C@@H]2CCCN21. The molecule has 10 nitrogen and oxygen atoms in total. The number of rotatable bonds is 9. The topological polar surface area (TPSA) is 104 Å². The Morgan fingerprint density at radius 2 is 1.97 bits per heavy atom. The van der Waals surface area contributed by atoms with Crippen LogP contribution in [0.3, 0.4) is 0 Å². The predicted octanol–water partition coefficient (Wildman–Crippen LogP) is 3.21. The van der Waals surface area contributed by atoms with E-state index in [9.17, 15) is 9.59 Å². The first kappa shape index (κ1) is 26.7. The maximum atomic E-state index is 12.8. The van der Waals surface area contributed by atoms with Gasteiger partial charge in [-0.2, -0.15) is 0 Å². The molecule has 7 atom stereocenters. The molecule has 11 heteroatoms. The number of benzene rings is 1. The van der Waals surface area contributed by atoms with Gasteiger partial charge in [-0.05, 0) is 38.7 Å². The van der Waals surface area contributed by atoms with E-state index < -0.39 is 43.8 Å². The number of methoxy groups -OCH3 is 1. The smallest absolute Gasteiger partial charge is 0.330 e. The number of nitrogens with zero attached hydrogens (tertiary/aromatic N) is 2. The Kier molecular flexibility index (Phi) is 7.98. The summed E-state index contributed by atoms with van der Waals surface area (Å²) in [6.45, 7) is 7.42. The normalized spacial score (nSPS) is 33.7. The van der Waals surface area contributed by atoms with Crippen LogP contribution in [0.25, 0.3) is 0 Å². The molecule has 0 aliphatic carbocycles. The van der Waals surface area contributed by atoms with Gasteiger partial charge in [0.2, 0.25) is 0 Å². The zero-order chi connectivity index (χ0) is 26.2. The molecule has 1 N–H and O–H groups in total. The van der Waals surface area contributed by atoms with Crippen LogP contribution in [-0.2, 0) is 28.9 Å². The summed E-state index contributed by atoms with van der Waals surface area (Å²) in [6, 6.07) is 10.5. The van der Waals surface area contributed by atoms with Crippen molar-refractivity contribution in [2.75, 3.05) is 26.9 Å². The number of aromatic nitrogens is 2. The van der Waals surface area contributed by atoms with Gasteiger partial charge in [-0.1, -0.05) is 37.3 Å². The Bertz CT molecular complexity index is 1190. The third-order valence-electron chi connectivity index (χ3n) is 7.60. The van der Waals surface area contributed by atoms with Gasteiger partial charge in [0.15, 0.2) is 6.23 Å². The summed E-state index contributed by atoms with van der Waals surface area (Å²) in [5, 5.41) is 0. The van der Waals surface area contributed by atoms with Crippen LogP contribution in [0.1, 0.15) is 50.5 Å². The molecule has 0 amide bonds. The van der Waals surface area contributed by atoms with Crippen LogP contribution in [0.2, 0.25) is 0 Å². The van der Waals surface area contributed by atoms with Crippen LogP contribution in [0.5, 0.6) is 0 Å². The van der Waals surface area contributed by atoms with Crippen molar-refractivity contribution >= 4 is 8.53 Å². The van der Waals surface area contributed by atoms with Gasteiger partial charge < -0.3 is 23.3 Å². The van der Waals surface area contributed by atoms with Crippen molar-refractivity contribution in [2.45, 2.75) is 76.2 Å². The summed E-state index contributed by atoms with van der Waals surface area (Å²) < 4.78 is 35.1. The van der Waals surface area contributed by atoms with Gasteiger partial charge in [0.25, 0.3) is 14.1 Å². The minimum Gasteiger partial charge on any atom is -0.382 e. The molecule has 4 heterocycles. The van der Waals surface area contributed by atoms with Crippen LogP contribution < -0.4 is 11.2 Å². The Hall–Kier alpha value is -1.91. The minimum absolute atomic E-state index is 0.219. The fourth-order valence-corrected chi connectivity index (χ4v) is 7.74. The standard InChI is InChI=1S/C26H36N3O7P/c1-5-19-21(22(33-15-14-32-4)24(34-19)28-16-17(2)23(30)27-25(28)31)35-37-29-13-9-12-20(29)26(3,36-37)18-10-7-6-8-11-18/h6-8,10-11,16,19-22,24H,5,9,12-15H2,1-4H3,(H,27,30,31)/t19-,20+,21?,22+,24-,26-,37+/m1/s1. The van der Waals surface area contributed by atoms with Gasteiger partial charge >= 0.3 is 5.69 Å². The maximum Gasteiger partial charge on any atom is 0.330 e. The second-order valence-electron chi connectivity index (χ2n) is 9.97. The van der Waals surface area contributed by atoms with Crippen LogP contribution in [0, 0.1) is 6.92 Å². The molecule has 37 heavy (non-hydrogen) atoms. The molecule has 5 rings (SSSR count). The second kappa shape index (κ2) is 11.1. The lowest BCUT2D eigenvalue weighted by Crippen LogP contribution is -2.41. The molecule has 3 aliphatic heterocycles. The van der Waals surface area contributed by atoms with Gasteiger partial charge in [0.1, 0.15) is 17.8 Å². The van der Waals surface area contributed by atoms with Gasteiger partial charge in [0, 0.05) is 25.4 Å². The highest BCUT2D eigenvalue weighted by atomic mass is 31.2. The van der Waals surface area contributed by atoms with E-state index in [-0.39, 0.29) is 12.1 Å². The number of H-pyrrole nitrogens is 1. The monoisotopic (exact) mass is 533 g/mol. The van der Waals surface area contributed by atoms with E-state index in [2.05, 4.69) is 28.7 Å². The van der Waals surface area contributed by atoms with Crippen LogP contribution in [0.4, 0.5) is 0 Å². The van der Waals surface area contributed by atoms with Gasteiger partial charge in [-0.25, -0.2) is 9.46 Å². The third-order valence-corrected chi connectivity index (χ3v) is 9.46. The summed E-state index contributed by atoms with van der Waals surface area (Å²) in [7, 11) is 0.214. The predicted molar refractivity (Wildman–Crippen MR) is 138 cm³/mol. The van der Waals surface area contributed by atoms with Crippen molar-refractivity contribution in [1.29, 1.82) is 0 Å². The Balaban J connectivity index is 1.45. The van der Waals surface area contributed by atoms with Crippen molar-refractivity contribution in [2.24, 2.45) is 0 Å². The lowest BCUT2D eigenvalue weighted by Gasteiger charge is -2.29. The average Bonchev–Trinajstić information content (AvgIpc) is 3.58.